The molecule has 9 nitrogen and oxygen atoms in total. The molecule has 0 saturated carbocycles. The van der Waals surface area contributed by atoms with Crippen molar-refractivity contribution in [2.24, 2.45) is 0 Å². The van der Waals surface area contributed by atoms with E-state index in [9.17, 15) is 9.59 Å². The third-order valence-electron chi connectivity index (χ3n) is 2.00. The lowest BCUT2D eigenvalue weighted by atomic mass is 10.5. The predicted octanol–water partition coefficient (Wildman–Crippen LogP) is -0.338. The van der Waals surface area contributed by atoms with Gasteiger partial charge in [0.1, 0.15) is 13.1 Å². The number of imidazole rings is 1. The predicted molar refractivity (Wildman–Crippen MR) is 57.1 cm³/mol. The van der Waals surface area contributed by atoms with E-state index in [4.69, 9.17) is 9.84 Å². The van der Waals surface area contributed by atoms with Crippen molar-refractivity contribution in [1.82, 2.24) is 19.5 Å². The van der Waals surface area contributed by atoms with Gasteiger partial charge in [-0.3, -0.25) is 9.78 Å². The number of fused-ring (bicyclic) bond motifs is 1. The number of nitrogens with one attached hydrogen (secondary N) is 2. The molecule has 0 unspecified atom stereocenters. The maximum absolute atomic E-state index is 11.6. The summed E-state index contributed by atoms with van der Waals surface area (Å²) < 4.78 is 5.51. The third kappa shape index (κ3) is 1.95. The molecule has 3 N–H and O–H groups in total. The largest absolute Gasteiger partial charge is 0.464 e. The van der Waals surface area contributed by atoms with E-state index in [0.717, 1.165) is 10.9 Å². The average Bonchev–Trinajstić information content (AvgIpc) is 2.70. The van der Waals surface area contributed by atoms with Gasteiger partial charge in [-0.1, -0.05) is 0 Å². The molecule has 2 aromatic rings. The maximum atomic E-state index is 11.6. The number of nitrogens with zero attached hydrogens (tertiary/aromatic N) is 3. The highest BCUT2D eigenvalue weighted by Crippen LogP contribution is 2.07. The van der Waals surface area contributed by atoms with Gasteiger partial charge in [-0.25, -0.2) is 14.3 Å². The zero-order valence-corrected chi connectivity index (χ0v) is 8.80. The highest BCUT2D eigenvalue weighted by molar-refractivity contribution is 5.82. The normalized spacial score (nSPS) is 10.6. The molecule has 0 atom stereocenters. The molecule has 0 aromatic carbocycles. The Morgan fingerprint density at radius 2 is 2.47 bits per heavy atom. The van der Waals surface area contributed by atoms with Crippen LogP contribution in [0.4, 0.5) is 10.7 Å². The summed E-state index contributed by atoms with van der Waals surface area (Å²) in [5, 5.41) is 11.5. The van der Waals surface area contributed by atoms with Crippen LogP contribution in [-0.4, -0.2) is 44.6 Å². The van der Waals surface area contributed by atoms with E-state index in [2.05, 4.69) is 20.3 Å². The third-order valence-corrected chi connectivity index (χ3v) is 2.00. The summed E-state index contributed by atoms with van der Waals surface area (Å²) in [6.07, 6.45) is -0.238. The molecule has 0 aliphatic rings. The number of H-pyrrole nitrogens is 1. The number of methoxy groups -OCH3 is 1. The lowest BCUT2D eigenvalue weighted by Crippen LogP contribution is -2.16. The van der Waals surface area contributed by atoms with Crippen molar-refractivity contribution in [2.45, 2.75) is 0 Å². The van der Waals surface area contributed by atoms with Crippen LogP contribution >= 0.6 is 0 Å². The second kappa shape index (κ2) is 4.22. The Labute approximate surface area is 94.1 Å². The van der Waals surface area contributed by atoms with Crippen LogP contribution in [0.1, 0.15) is 0 Å². The van der Waals surface area contributed by atoms with Gasteiger partial charge in [0.05, 0.1) is 0 Å². The Morgan fingerprint density at radius 3 is 3.12 bits per heavy atom. The summed E-state index contributed by atoms with van der Waals surface area (Å²) >= 11 is 0. The van der Waals surface area contributed by atoms with Gasteiger partial charge >= 0.3 is 6.09 Å². The number of anilines is 1. The van der Waals surface area contributed by atoms with Gasteiger partial charge in [0.25, 0.3) is 5.56 Å². The minimum Gasteiger partial charge on any atom is -0.464 e. The van der Waals surface area contributed by atoms with Gasteiger partial charge in [-0.05, 0) is 0 Å². The van der Waals surface area contributed by atoms with Gasteiger partial charge in [0, 0.05) is 7.11 Å². The van der Waals surface area contributed by atoms with E-state index >= 15 is 0 Å². The van der Waals surface area contributed by atoms with Crippen LogP contribution in [0.2, 0.25) is 0 Å². The van der Waals surface area contributed by atoms with Crippen LogP contribution in [0.15, 0.2) is 11.1 Å². The smallest absolute Gasteiger partial charge is 0.418 e. The summed E-state index contributed by atoms with van der Waals surface area (Å²) in [6.45, 7) is 0.135. The molecule has 0 radical (unpaired) electrons. The fraction of sp³-hybridized carbons (Fsp3) is 0.250. The topological polar surface area (TPSA) is 122 Å². The van der Waals surface area contributed by atoms with E-state index in [-0.39, 0.29) is 23.8 Å². The first kappa shape index (κ1) is 11.1. The Morgan fingerprint density at radius 1 is 1.71 bits per heavy atom. The zero-order valence-electron chi connectivity index (χ0n) is 8.80. The highest BCUT2D eigenvalue weighted by atomic mass is 16.5. The molecule has 0 saturated heterocycles. The SMILES string of the molecule is COCNc1nc2c(ncn2C(=O)O)c(=O)[nH]1. The second-order valence-electron chi connectivity index (χ2n) is 3.09. The lowest BCUT2D eigenvalue weighted by molar-refractivity contribution is 0.197. The van der Waals surface area contributed by atoms with Gasteiger partial charge in [0.2, 0.25) is 5.95 Å². The number of ether oxygens (including phenoxy) is 1. The Kier molecular flexibility index (Phi) is 2.75. The minimum atomic E-state index is -1.26. The minimum absolute atomic E-state index is 0.0279. The van der Waals surface area contributed by atoms with Crippen LogP contribution in [-0.2, 0) is 4.74 Å². The molecule has 0 fully saturated rings. The first-order chi connectivity index (χ1) is 8.13. The van der Waals surface area contributed by atoms with E-state index < -0.39 is 11.7 Å². The first-order valence-corrected chi connectivity index (χ1v) is 4.57. The van der Waals surface area contributed by atoms with Crippen LogP contribution in [0.25, 0.3) is 11.2 Å². The molecule has 0 aliphatic heterocycles. The van der Waals surface area contributed by atoms with Gasteiger partial charge < -0.3 is 15.2 Å². The Bertz CT molecular complexity index is 616. The number of carbonyl (C=O) groups is 1. The number of hydrogen-bond donors (Lipinski definition) is 3. The Balaban J connectivity index is 2.57. The number of aromatic amines is 1. The fourth-order valence-corrected chi connectivity index (χ4v) is 1.27. The van der Waals surface area contributed by atoms with E-state index in [0.29, 0.717) is 0 Å². The van der Waals surface area contributed by atoms with Crippen molar-refractivity contribution in [2.75, 3.05) is 19.2 Å². The van der Waals surface area contributed by atoms with Crippen molar-refractivity contribution in [1.29, 1.82) is 0 Å². The van der Waals surface area contributed by atoms with Gasteiger partial charge in [-0.2, -0.15) is 4.98 Å². The molecule has 0 amide bonds. The van der Waals surface area contributed by atoms with E-state index in [1.54, 1.807) is 0 Å². The lowest BCUT2D eigenvalue weighted by Gasteiger charge is -2.03. The van der Waals surface area contributed by atoms with Gasteiger partial charge in [-0.15, -0.1) is 0 Å². The van der Waals surface area contributed by atoms with Crippen molar-refractivity contribution in [3.63, 3.8) is 0 Å². The number of carboxylic acid groups (broad SMARTS) is 1. The van der Waals surface area contributed by atoms with Crippen molar-refractivity contribution < 1.29 is 14.6 Å². The number of hydrogen-bond acceptors (Lipinski definition) is 6. The summed E-state index contributed by atoms with van der Waals surface area (Å²) in [7, 11) is 1.46. The molecule has 0 spiro atoms. The highest BCUT2D eigenvalue weighted by Gasteiger charge is 2.13. The second-order valence-corrected chi connectivity index (χ2v) is 3.09. The zero-order chi connectivity index (χ0) is 12.4. The number of rotatable bonds is 3. The summed E-state index contributed by atoms with van der Waals surface area (Å²) in [5.74, 6) is 0.118. The standard InChI is InChI=1S/C8H9N5O4/c1-17-3-10-7-11-5-4(6(14)12-7)9-2-13(5)8(15)16/h2H,3H2,1H3,(H,15,16)(H2,10,11,12,14). The molecular weight excluding hydrogens is 230 g/mol. The number of aromatic nitrogens is 4. The molecule has 2 rings (SSSR count). The summed E-state index contributed by atoms with van der Waals surface area (Å²) in [5.41, 5.74) is -0.580. The monoisotopic (exact) mass is 239 g/mol. The molecule has 9 heteroatoms. The quantitative estimate of drug-likeness (QED) is 0.626. The fourth-order valence-electron chi connectivity index (χ4n) is 1.27. The molecule has 90 valence electrons. The van der Waals surface area contributed by atoms with Crippen molar-refractivity contribution in [3.8, 4) is 0 Å². The maximum Gasteiger partial charge on any atom is 0.418 e. The van der Waals surface area contributed by atoms with E-state index in [1.807, 2.05) is 0 Å². The van der Waals surface area contributed by atoms with Crippen LogP contribution < -0.4 is 10.9 Å². The van der Waals surface area contributed by atoms with Crippen molar-refractivity contribution >= 4 is 23.2 Å². The average molecular weight is 239 g/mol. The van der Waals surface area contributed by atoms with Crippen molar-refractivity contribution in [3.05, 3.63) is 16.7 Å². The molecular formula is C8H9N5O4. The molecule has 17 heavy (non-hydrogen) atoms. The first-order valence-electron chi connectivity index (χ1n) is 4.57. The summed E-state index contributed by atoms with van der Waals surface area (Å²) in [6, 6.07) is 0. The van der Waals surface area contributed by atoms with E-state index in [1.165, 1.54) is 7.11 Å². The molecule has 2 aromatic heterocycles. The molecule has 2 heterocycles. The molecule has 0 aliphatic carbocycles. The summed E-state index contributed by atoms with van der Waals surface area (Å²) in [4.78, 5) is 32.4. The Hall–Kier alpha value is -2.42. The van der Waals surface area contributed by atoms with Crippen LogP contribution in [0.3, 0.4) is 0 Å². The molecule has 0 bridgehead atoms. The van der Waals surface area contributed by atoms with Crippen LogP contribution in [0, 0.1) is 0 Å². The van der Waals surface area contributed by atoms with Gasteiger partial charge in [0.15, 0.2) is 11.2 Å². The van der Waals surface area contributed by atoms with Crippen LogP contribution in [0.5, 0.6) is 0 Å².